The van der Waals surface area contributed by atoms with Crippen molar-refractivity contribution in [1.82, 2.24) is 14.9 Å². The van der Waals surface area contributed by atoms with Gasteiger partial charge in [0.15, 0.2) is 0 Å². The summed E-state index contributed by atoms with van der Waals surface area (Å²) >= 11 is 1.52. The molecule has 2 aromatic heterocycles. The van der Waals surface area contributed by atoms with Gasteiger partial charge < -0.3 is 9.64 Å². The summed E-state index contributed by atoms with van der Waals surface area (Å²) in [5, 5.41) is 5.71. The molecular weight excluding hydrogens is 288 g/mol. The molecule has 2 amide bonds. The molecule has 1 aliphatic rings. The van der Waals surface area contributed by atoms with Crippen molar-refractivity contribution < 1.29 is 9.53 Å². The Bertz CT molecular complexity index is 568. The highest BCUT2D eigenvalue weighted by Crippen LogP contribution is 2.19. The molecule has 0 spiro atoms. The maximum atomic E-state index is 12.1. The van der Waals surface area contributed by atoms with Gasteiger partial charge in [0.2, 0.25) is 5.88 Å². The Balaban J connectivity index is 1.47. The molecular formula is C14H16N4O2S. The summed E-state index contributed by atoms with van der Waals surface area (Å²) in [6, 6.07) is 3.77. The van der Waals surface area contributed by atoms with Crippen LogP contribution >= 0.6 is 11.3 Å². The topological polar surface area (TPSA) is 67.4 Å². The number of carbonyl (C=O) groups is 1. The predicted octanol–water partition coefficient (Wildman–Crippen LogP) is 2.61. The lowest BCUT2D eigenvalue weighted by Crippen LogP contribution is -2.43. The first-order valence-electron chi connectivity index (χ1n) is 6.83. The van der Waals surface area contributed by atoms with Crippen molar-refractivity contribution >= 4 is 22.4 Å². The third-order valence-electron chi connectivity index (χ3n) is 3.31. The lowest BCUT2D eigenvalue weighted by Gasteiger charge is -2.31. The van der Waals surface area contributed by atoms with Crippen LogP contribution in [0.3, 0.4) is 0 Å². The van der Waals surface area contributed by atoms with E-state index in [-0.39, 0.29) is 12.1 Å². The van der Waals surface area contributed by atoms with Crippen LogP contribution in [0.25, 0.3) is 0 Å². The zero-order valence-electron chi connectivity index (χ0n) is 11.4. The third kappa shape index (κ3) is 3.69. The van der Waals surface area contributed by atoms with Gasteiger partial charge in [-0.25, -0.2) is 9.78 Å². The number of carbonyl (C=O) groups excluding carboxylic acids is 1. The SMILES string of the molecule is O=C(Nc1cccs1)N1CCC(Oc2cnccn2)CC1. The van der Waals surface area contributed by atoms with Crippen LogP contribution in [-0.2, 0) is 0 Å². The van der Waals surface area contributed by atoms with Gasteiger partial charge in [-0.15, -0.1) is 11.3 Å². The number of anilines is 1. The minimum Gasteiger partial charge on any atom is -0.473 e. The van der Waals surface area contributed by atoms with Gasteiger partial charge in [0.05, 0.1) is 11.2 Å². The Kier molecular flexibility index (Phi) is 4.30. The number of rotatable bonds is 3. The van der Waals surface area contributed by atoms with Gasteiger partial charge in [0, 0.05) is 38.3 Å². The van der Waals surface area contributed by atoms with E-state index in [1.165, 1.54) is 11.3 Å². The van der Waals surface area contributed by atoms with E-state index in [4.69, 9.17) is 4.74 Å². The minimum atomic E-state index is -0.0459. The third-order valence-corrected chi connectivity index (χ3v) is 4.09. The molecule has 1 saturated heterocycles. The molecule has 2 aromatic rings. The Hall–Kier alpha value is -2.15. The molecule has 3 rings (SSSR count). The lowest BCUT2D eigenvalue weighted by molar-refractivity contribution is 0.111. The average Bonchev–Trinajstić information content (AvgIpc) is 3.02. The van der Waals surface area contributed by atoms with Crippen LogP contribution in [0.4, 0.5) is 9.80 Å². The van der Waals surface area contributed by atoms with E-state index in [0.29, 0.717) is 19.0 Å². The largest absolute Gasteiger partial charge is 0.473 e. The number of likely N-dealkylation sites (tertiary alicyclic amines) is 1. The van der Waals surface area contributed by atoms with E-state index >= 15 is 0 Å². The number of thiophene rings is 1. The van der Waals surface area contributed by atoms with Crippen molar-refractivity contribution in [3.63, 3.8) is 0 Å². The Morgan fingerprint density at radius 2 is 2.24 bits per heavy atom. The quantitative estimate of drug-likeness (QED) is 0.946. The molecule has 0 unspecified atom stereocenters. The standard InChI is InChI=1S/C14H16N4O2S/c19-14(17-13-2-1-9-21-13)18-7-3-11(4-8-18)20-12-10-15-5-6-16-12/h1-2,5-6,9-11H,3-4,7-8H2,(H,17,19). The maximum absolute atomic E-state index is 12.1. The molecule has 6 nitrogen and oxygen atoms in total. The number of ether oxygens (including phenoxy) is 1. The molecule has 0 aliphatic carbocycles. The van der Waals surface area contributed by atoms with Gasteiger partial charge in [0.1, 0.15) is 6.10 Å². The first kappa shape index (κ1) is 13.8. The van der Waals surface area contributed by atoms with Gasteiger partial charge in [-0.05, 0) is 17.5 Å². The number of piperidine rings is 1. The number of aromatic nitrogens is 2. The molecule has 1 aliphatic heterocycles. The van der Waals surface area contributed by atoms with Gasteiger partial charge in [-0.2, -0.15) is 0 Å². The second-order valence-corrected chi connectivity index (χ2v) is 5.70. The van der Waals surface area contributed by atoms with E-state index in [2.05, 4.69) is 15.3 Å². The summed E-state index contributed by atoms with van der Waals surface area (Å²) in [6.07, 6.45) is 6.52. The fourth-order valence-corrected chi connectivity index (χ4v) is 2.84. The summed E-state index contributed by atoms with van der Waals surface area (Å²) in [5.41, 5.74) is 0. The van der Waals surface area contributed by atoms with Crippen LogP contribution in [0.2, 0.25) is 0 Å². The average molecular weight is 304 g/mol. The molecule has 1 N–H and O–H groups in total. The van der Waals surface area contributed by atoms with Crippen LogP contribution in [-0.4, -0.2) is 40.1 Å². The molecule has 0 aromatic carbocycles. The smallest absolute Gasteiger partial charge is 0.322 e. The molecule has 0 atom stereocenters. The van der Waals surface area contributed by atoms with Crippen molar-refractivity contribution in [1.29, 1.82) is 0 Å². The number of hydrogen-bond donors (Lipinski definition) is 1. The number of nitrogens with zero attached hydrogens (tertiary/aromatic N) is 3. The van der Waals surface area contributed by atoms with Crippen molar-refractivity contribution in [2.45, 2.75) is 18.9 Å². The van der Waals surface area contributed by atoms with E-state index < -0.39 is 0 Å². The van der Waals surface area contributed by atoms with Gasteiger partial charge in [0.25, 0.3) is 0 Å². The number of urea groups is 1. The van der Waals surface area contributed by atoms with E-state index in [1.807, 2.05) is 22.4 Å². The Morgan fingerprint density at radius 1 is 1.38 bits per heavy atom. The normalized spacial score (nSPS) is 15.7. The first-order valence-corrected chi connectivity index (χ1v) is 7.71. The van der Waals surface area contributed by atoms with Crippen LogP contribution < -0.4 is 10.1 Å². The second-order valence-electron chi connectivity index (χ2n) is 4.76. The second kappa shape index (κ2) is 6.53. The molecule has 21 heavy (non-hydrogen) atoms. The summed E-state index contributed by atoms with van der Waals surface area (Å²) in [5.74, 6) is 0.541. The number of nitrogens with one attached hydrogen (secondary N) is 1. The first-order chi connectivity index (χ1) is 10.3. The molecule has 0 saturated carbocycles. The van der Waals surface area contributed by atoms with Crippen LogP contribution in [0.15, 0.2) is 36.1 Å². The van der Waals surface area contributed by atoms with Crippen molar-refractivity contribution in [2.24, 2.45) is 0 Å². The van der Waals surface area contributed by atoms with Crippen LogP contribution in [0.1, 0.15) is 12.8 Å². The summed E-state index contributed by atoms with van der Waals surface area (Å²) in [7, 11) is 0. The van der Waals surface area contributed by atoms with Gasteiger partial charge in [-0.3, -0.25) is 10.3 Å². The minimum absolute atomic E-state index is 0.0459. The molecule has 3 heterocycles. The molecule has 1 fully saturated rings. The predicted molar refractivity (Wildman–Crippen MR) is 80.6 cm³/mol. The van der Waals surface area contributed by atoms with Gasteiger partial charge >= 0.3 is 6.03 Å². The maximum Gasteiger partial charge on any atom is 0.322 e. The molecule has 110 valence electrons. The summed E-state index contributed by atoms with van der Waals surface area (Å²) < 4.78 is 5.76. The number of hydrogen-bond acceptors (Lipinski definition) is 5. The zero-order chi connectivity index (χ0) is 14.5. The Labute approximate surface area is 126 Å². The molecule has 0 radical (unpaired) electrons. The van der Waals surface area contributed by atoms with E-state index in [0.717, 1.165) is 17.8 Å². The van der Waals surface area contributed by atoms with Crippen molar-refractivity contribution in [2.75, 3.05) is 18.4 Å². The van der Waals surface area contributed by atoms with Gasteiger partial charge in [-0.1, -0.05) is 0 Å². The Morgan fingerprint density at radius 3 is 2.90 bits per heavy atom. The van der Waals surface area contributed by atoms with Crippen LogP contribution in [0, 0.1) is 0 Å². The monoisotopic (exact) mass is 304 g/mol. The highest BCUT2D eigenvalue weighted by atomic mass is 32.1. The van der Waals surface area contributed by atoms with Crippen LogP contribution in [0.5, 0.6) is 5.88 Å². The fourth-order valence-electron chi connectivity index (χ4n) is 2.23. The van der Waals surface area contributed by atoms with Crippen molar-refractivity contribution in [3.8, 4) is 5.88 Å². The summed E-state index contributed by atoms with van der Waals surface area (Å²) in [6.45, 7) is 1.37. The highest BCUT2D eigenvalue weighted by molar-refractivity contribution is 7.14. The fraction of sp³-hybridized carbons (Fsp3) is 0.357. The zero-order valence-corrected chi connectivity index (χ0v) is 12.3. The molecule has 0 bridgehead atoms. The van der Waals surface area contributed by atoms with E-state index in [1.54, 1.807) is 18.6 Å². The number of amides is 2. The highest BCUT2D eigenvalue weighted by Gasteiger charge is 2.24. The van der Waals surface area contributed by atoms with Crippen molar-refractivity contribution in [3.05, 3.63) is 36.1 Å². The summed E-state index contributed by atoms with van der Waals surface area (Å²) in [4.78, 5) is 22.0. The lowest BCUT2D eigenvalue weighted by atomic mass is 10.1. The molecule has 7 heteroatoms. The van der Waals surface area contributed by atoms with E-state index in [9.17, 15) is 4.79 Å².